The molecule has 0 saturated carbocycles. The molecule has 0 radical (unpaired) electrons. The molecule has 1 heterocycles. The van der Waals surface area contributed by atoms with Crippen molar-refractivity contribution in [3.63, 3.8) is 0 Å². The Hall–Kier alpha value is -1.64. The van der Waals surface area contributed by atoms with E-state index in [1.54, 1.807) is 14.0 Å². The highest BCUT2D eigenvalue weighted by Gasteiger charge is 2.24. The molecule has 9 heteroatoms. The molecule has 0 aliphatic rings. The number of aromatic amines is 1. The van der Waals surface area contributed by atoms with Crippen molar-refractivity contribution in [1.29, 1.82) is 0 Å². The summed E-state index contributed by atoms with van der Waals surface area (Å²) in [6.45, 7) is 1.88. The van der Waals surface area contributed by atoms with Gasteiger partial charge in [0.25, 0.3) is 10.0 Å². The zero-order valence-corrected chi connectivity index (χ0v) is 12.9. The predicted molar refractivity (Wildman–Crippen MR) is 78.3 cm³/mol. The molecule has 0 amide bonds. The lowest BCUT2D eigenvalue weighted by molar-refractivity contribution is 0.598. The monoisotopic (exact) mass is 332 g/mol. The summed E-state index contributed by atoms with van der Waals surface area (Å²) in [7, 11) is -2.22. The number of anilines is 1. The molecule has 1 aromatic heterocycles. The second-order valence-electron chi connectivity index (χ2n) is 4.42. The number of rotatable bonds is 5. The lowest BCUT2D eigenvalue weighted by Crippen LogP contribution is -2.17. The molecule has 2 rings (SSSR count). The Labute approximate surface area is 126 Å². The van der Waals surface area contributed by atoms with Crippen molar-refractivity contribution in [3.8, 4) is 0 Å². The van der Waals surface area contributed by atoms with Crippen molar-refractivity contribution in [2.24, 2.45) is 0 Å². The summed E-state index contributed by atoms with van der Waals surface area (Å²) in [6.07, 6.45) is 0. The maximum absolute atomic E-state index is 13.3. The molecular formula is C12H14ClFN4O2S. The summed E-state index contributed by atoms with van der Waals surface area (Å²) >= 11 is 5.71. The van der Waals surface area contributed by atoms with Gasteiger partial charge in [0.05, 0.1) is 17.1 Å². The first-order valence-corrected chi connectivity index (χ1v) is 7.87. The van der Waals surface area contributed by atoms with Crippen molar-refractivity contribution in [2.75, 3.05) is 11.8 Å². The van der Waals surface area contributed by atoms with Gasteiger partial charge in [0.1, 0.15) is 10.7 Å². The van der Waals surface area contributed by atoms with Crippen molar-refractivity contribution in [1.82, 2.24) is 15.5 Å². The second-order valence-corrected chi connectivity index (χ2v) is 6.47. The quantitative estimate of drug-likeness (QED) is 0.782. The molecule has 6 nitrogen and oxygen atoms in total. The van der Waals surface area contributed by atoms with Crippen molar-refractivity contribution in [2.45, 2.75) is 18.4 Å². The van der Waals surface area contributed by atoms with Crippen molar-refractivity contribution < 1.29 is 12.8 Å². The molecule has 21 heavy (non-hydrogen) atoms. The van der Waals surface area contributed by atoms with E-state index in [0.717, 1.165) is 12.1 Å². The zero-order chi connectivity index (χ0) is 15.6. The smallest absolute Gasteiger partial charge is 0.265 e. The summed E-state index contributed by atoms with van der Waals surface area (Å²) in [5.74, 6) is -0.625. The van der Waals surface area contributed by atoms with Gasteiger partial charge in [-0.1, -0.05) is 11.6 Å². The van der Waals surface area contributed by atoms with Gasteiger partial charge in [-0.2, -0.15) is 5.10 Å². The highest BCUT2D eigenvalue weighted by molar-refractivity contribution is 7.92. The average molecular weight is 333 g/mol. The number of hydrogen-bond donors (Lipinski definition) is 3. The van der Waals surface area contributed by atoms with Gasteiger partial charge in [0.15, 0.2) is 0 Å². The van der Waals surface area contributed by atoms with E-state index in [1.165, 1.54) is 6.07 Å². The van der Waals surface area contributed by atoms with Crippen LogP contribution in [0, 0.1) is 12.7 Å². The minimum atomic E-state index is -3.90. The van der Waals surface area contributed by atoms with E-state index in [1.807, 2.05) is 0 Å². The molecule has 2 aromatic rings. The van der Waals surface area contributed by atoms with Crippen LogP contribution in [0.5, 0.6) is 0 Å². The number of aromatic nitrogens is 2. The molecule has 0 saturated heterocycles. The molecule has 114 valence electrons. The highest BCUT2D eigenvalue weighted by Crippen LogP contribution is 2.24. The second kappa shape index (κ2) is 6.00. The number of benzene rings is 1. The molecule has 0 aliphatic heterocycles. The first-order valence-electron chi connectivity index (χ1n) is 6.01. The van der Waals surface area contributed by atoms with Crippen molar-refractivity contribution >= 4 is 27.3 Å². The maximum atomic E-state index is 13.3. The Bertz CT molecular complexity index is 740. The number of halogens is 2. The van der Waals surface area contributed by atoms with Crippen LogP contribution < -0.4 is 10.0 Å². The number of nitrogens with zero attached hydrogens (tertiary/aromatic N) is 1. The minimum Gasteiger partial charge on any atom is -0.314 e. The van der Waals surface area contributed by atoms with Crippen LogP contribution in [0.1, 0.15) is 11.4 Å². The third-order valence-corrected chi connectivity index (χ3v) is 4.49. The topological polar surface area (TPSA) is 86.9 Å². The number of hydrogen-bond acceptors (Lipinski definition) is 4. The van der Waals surface area contributed by atoms with E-state index in [0.29, 0.717) is 11.4 Å². The van der Waals surface area contributed by atoms with Crippen LogP contribution in [0.2, 0.25) is 5.02 Å². The molecule has 0 atom stereocenters. The Kier molecular flexibility index (Phi) is 4.50. The number of H-pyrrole nitrogens is 1. The molecule has 0 fully saturated rings. The molecule has 0 bridgehead atoms. The molecule has 0 spiro atoms. The summed E-state index contributed by atoms with van der Waals surface area (Å²) in [5, 5.41) is 9.51. The van der Waals surface area contributed by atoms with Crippen LogP contribution in [0.25, 0.3) is 0 Å². The Morgan fingerprint density at radius 1 is 1.38 bits per heavy atom. The van der Waals surface area contributed by atoms with E-state index in [2.05, 4.69) is 20.2 Å². The first-order chi connectivity index (χ1) is 9.83. The normalized spacial score (nSPS) is 11.6. The molecule has 1 aromatic carbocycles. The van der Waals surface area contributed by atoms with Gasteiger partial charge in [0.2, 0.25) is 0 Å². The van der Waals surface area contributed by atoms with Gasteiger partial charge in [-0.25, -0.2) is 12.8 Å². The summed E-state index contributed by atoms with van der Waals surface area (Å²) < 4.78 is 40.5. The SMILES string of the molecule is CNCc1n[nH]c(C)c1S(=O)(=O)Nc1cc(F)cc(Cl)c1. The van der Waals surface area contributed by atoms with Gasteiger partial charge in [-0.05, 0) is 32.2 Å². The van der Waals surface area contributed by atoms with Crippen LogP contribution in [0.3, 0.4) is 0 Å². The fourth-order valence-electron chi connectivity index (χ4n) is 1.93. The minimum absolute atomic E-state index is 0.0391. The first kappa shape index (κ1) is 15.7. The van der Waals surface area contributed by atoms with Crippen LogP contribution in [0.15, 0.2) is 23.1 Å². The maximum Gasteiger partial charge on any atom is 0.265 e. The van der Waals surface area contributed by atoms with Gasteiger partial charge in [0, 0.05) is 11.6 Å². The number of nitrogens with one attached hydrogen (secondary N) is 3. The van der Waals surface area contributed by atoms with Gasteiger partial charge < -0.3 is 5.32 Å². The number of aryl methyl sites for hydroxylation is 1. The third kappa shape index (κ3) is 3.52. The lowest BCUT2D eigenvalue weighted by Gasteiger charge is -2.09. The molecule has 0 aliphatic carbocycles. The summed E-state index contributed by atoms with van der Waals surface area (Å²) in [6, 6.07) is 3.47. The van der Waals surface area contributed by atoms with E-state index in [9.17, 15) is 12.8 Å². The molecular weight excluding hydrogens is 319 g/mol. The Morgan fingerprint density at radius 3 is 2.71 bits per heavy atom. The fourth-order valence-corrected chi connectivity index (χ4v) is 3.56. The van der Waals surface area contributed by atoms with Crippen molar-refractivity contribution in [3.05, 3.63) is 40.4 Å². The standard InChI is InChI=1S/C12H14ClFN4O2S/c1-7-12(11(6-15-2)17-16-7)21(19,20)18-10-4-8(13)3-9(14)5-10/h3-5,15,18H,6H2,1-2H3,(H,16,17). The third-order valence-electron chi connectivity index (χ3n) is 2.69. The van der Waals surface area contributed by atoms with E-state index < -0.39 is 15.8 Å². The predicted octanol–water partition coefficient (Wildman–Crippen LogP) is 2.03. The van der Waals surface area contributed by atoms with E-state index >= 15 is 0 Å². The Morgan fingerprint density at radius 2 is 2.10 bits per heavy atom. The molecule has 0 unspecified atom stereocenters. The zero-order valence-electron chi connectivity index (χ0n) is 11.4. The average Bonchev–Trinajstić information content (AvgIpc) is 2.69. The lowest BCUT2D eigenvalue weighted by atomic mass is 10.3. The largest absolute Gasteiger partial charge is 0.314 e. The highest BCUT2D eigenvalue weighted by atomic mass is 35.5. The van der Waals surface area contributed by atoms with Crippen LogP contribution in [-0.2, 0) is 16.6 Å². The van der Waals surface area contributed by atoms with Gasteiger partial charge in [-0.15, -0.1) is 0 Å². The molecule has 3 N–H and O–H groups in total. The van der Waals surface area contributed by atoms with Crippen LogP contribution >= 0.6 is 11.6 Å². The van der Waals surface area contributed by atoms with Gasteiger partial charge >= 0.3 is 0 Å². The number of sulfonamides is 1. The van der Waals surface area contributed by atoms with Gasteiger partial charge in [-0.3, -0.25) is 9.82 Å². The van der Waals surface area contributed by atoms with E-state index in [-0.39, 0.29) is 22.2 Å². The van der Waals surface area contributed by atoms with Crippen LogP contribution in [-0.4, -0.2) is 25.7 Å². The fraction of sp³-hybridized carbons (Fsp3) is 0.250. The Balaban J connectivity index is 2.41. The summed E-state index contributed by atoms with van der Waals surface area (Å²) in [5.41, 5.74) is 0.802. The van der Waals surface area contributed by atoms with Crippen LogP contribution in [0.4, 0.5) is 10.1 Å². The van der Waals surface area contributed by atoms with E-state index in [4.69, 9.17) is 11.6 Å². The summed E-state index contributed by atoms with van der Waals surface area (Å²) in [4.78, 5) is 0.0391.